The number of halogens is 2. The summed E-state index contributed by atoms with van der Waals surface area (Å²) in [5.74, 6) is -1.90. The molecule has 97 heavy (non-hydrogen) atoms. The molecule has 0 aliphatic heterocycles. The van der Waals surface area contributed by atoms with Crippen LogP contribution in [0.25, 0.3) is 0 Å². The van der Waals surface area contributed by atoms with Gasteiger partial charge in [-0.05, 0) is 168 Å². The standard InChI is InChI=1S/C78H100Cl2N4O12S/c1-19-75(11,12)49-27-41-63(57(45-49)77(15,16)21-3)93-43-23-25-65(85)81-51-29-39-59(79)61(47-51)83-71(89)67(69(87)73(5,6)7)95-53-31-35-55(36-32-53)97(91,92)56-37-33-54(34-38-56)96-68(70(88)74(8,9)10)72(90)84-62-48-52(30-40-60(62)80)82-66(86)26-24-44-94-64-42-28-50(76(13,14)20-2)46-58(64)78(17,18)22-4/h27-42,45-48,67-68H,19-26,43-44H2,1-18H3,(H,81,85)(H,82,86)(H,83,89)(H,84,90). The van der Waals surface area contributed by atoms with Crippen LogP contribution in [0.1, 0.15) is 198 Å². The van der Waals surface area contributed by atoms with Crippen molar-refractivity contribution in [2.24, 2.45) is 10.8 Å². The SMILES string of the molecule is CCC(C)(C)c1ccc(OCCCC(=O)Nc2ccc(Cl)c(NC(=O)C(Oc3ccc(S(=O)(=O)c4ccc(OC(C(=O)Nc5cc(NC(=O)CCCOc6ccc(C(C)(C)CC)cc6C(C)(C)CC)ccc5Cl)C(=O)C(C)(C)C)cc4)cc3)C(=O)C(C)(C)C)c2)c(C(C)(C)CC)c1. The molecule has 0 aliphatic rings. The third kappa shape index (κ3) is 20.7. The molecule has 6 rings (SSSR count). The van der Waals surface area contributed by atoms with Gasteiger partial charge in [0.2, 0.25) is 33.9 Å². The van der Waals surface area contributed by atoms with E-state index in [9.17, 15) is 37.2 Å². The predicted octanol–water partition coefficient (Wildman–Crippen LogP) is 18.2. The highest BCUT2D eigenvalue weighted by Crippen LogP contribution is 2.41. The molecule has 0 bridgehead atoms. The molecule has 2 atom stereocenters. The Hall–Kier alpha value is -7.73. The second-order valence-electron chi connectivity index (χ2n) is 29.4. The van der Waals surface area contributed by atoms with Crippen molar-refractivity contribution in [2.75, 3.05) is 34.5 Å². The molecular formula is C78H100Cl2N4O12S. The van der Waals surface area contributed by atoms with E-state index < -0.39 is 56.3 Å². The lowest BCUT2D eigenvalue weighted by molar-refractivity contribution is -0.141. The summed E-state index contributed by atoms with van der Waals surface area (Å²) < 4.78 is 52.8. The van der Waals surface area contributed by atoms with Gasteiger partial charge in [0.15, 0.2) is 11.6 Å². The Labute approximate surface area is 585 Å². The van der Waals surface area contributed by atoms with Gasteiger partial charge in [0.25, 0.3) is 11.8 Å². The molecule has 6 aromatic rings. The van der Waals surface area contributed by atoms with Gasteiger partial charge in [-0.2, -0.15) is 0 Å². The molecule has 16 nitrogen and oxygen atoms in total. The zero-order chi connectivity index (χ0) is 72.2. The van der Waals surface area contributed by atoms with Gasteiger partial charge in [0.1, 0.15) is 23.0 Å². The minimum Gasteiger partial charge on any atom is -0.493 e. The number of benzene rings is 6. The van der Waals surface area contributed by atoms with Crippen LogP contribution in [-0.4, -0.2) is 69.0 Å². The third-order valence-corrected chi connectivity index (χ3v) is 20.8. The first-order chi connectivity index (χ1) is 45.2. The Bertz CT molecular complexity index is 3680. The first kappa shape index (κ1) is 78.3. The quantitative estimate of drug-likeness (QED) is 0.0229. The van der Waals surface area contributed by atoms with E-state index in [2.05, 4.69) is 129 Å². The minimum absolute atomic E-state index is 0.000621. The summed E-state index contributed by atoms with van der Waals surface area (Å²) >= 11 is 13.1. The van der Waals surface area contributed by atoms with E-state index >= 15 is 0 Å². The summed E-state index contributed by atoms with van der Waals surface area (Å²) in [5.41, 5.74) is 3.25. The number of hydrogen-bond donors (Lipinski definition) is 4. The van der Waals surface area contributed by atoms with Gasteiger partial charge in [-0.3, -0.25) is 28.8 Å². The summed E-state index contributed by atoms with van der Waals surface area (Å²) in [5, 5.41) is 11.3. The number of ketones is 2. The molecule has 4 N–H and O–H groups in total. The number of nitrogens with one attached hydrogen (secondary N) is 4. The number of rotatable bonds is 32. The molecule has 0 aliphatic carbocycles. The number of Topliss-reactive ketones (excluding diaryl/α,β-unsaturated/α-hetero) is 2. The van der Waals surface area contributed by atoms with E-state index in [-0.39, 0.29) is 89.0 Å². The highest BCUT2D eigenvalue weighted by Gasteiger charge is 2.39. The van der Waals surface area contributed by atoms with E-state index in [0.717, 1.165) is 48.3 Å². The lowest BCUT2D eigenvalue weighted by Gasteiger charge is -2.30. The Morgan fingerprint density at radius 1 is 0.423 bits per heavy atom. The van der Waals surface area contributed by atoms with Crippen LogP contribution in [-0.2, 0) is 60.3 Å². The van der Waals surface area contributed by atoms with Gasteiger partial charge < -0.3 is 40.2 Å². The van der Waals surface area contributed by atoms with E-state index in [4.69, 9.17) is 42.1 Å². The van der Waals surface area contributed by atoms with E-state index in [0.29, 0.717) is 37.4 Å². The van der Waals surface area contributed by atoms with Crippen molar-refractivity contribution in [1.82, 2.24) is 0 Å². The largest absolute Gasteiger partial charge is 0.493 e. The fraction of sp³-hybridized carbons (Fsp3) is 0.462. The predicted molar refractivity (Wildman–Crippen MR) is 389 cm³/mol. The molecule has 0 fully saturated rings. The third-order valence-electron chi connectivity index (χ3n) is 18.4. The molecule has 0 saturated carbocycles. The zero-order valence-corrected chi connectivity index (χ0v) is 62.2. The Kier molecular flexibility index (Phi) is 26.1. The number of carbonyl (C=O) groups excluding carboxylic acids is 6. The van der Waals surface area contributed by atoms with Crippen LogP contribution < -0.4 is 40.2 Å². The lowest BCUT2D eigenvalue weighted by Crippen LogP contribution is -2.45. The molecule has 4 amide bonds. The molecule has 524 valence electrons. The molecule has 0 radical (unpaired) electrons. The summed E-state index contributed by atoms with van der Waals surface area (Å²) in [6, 6.07) is 32.2. The Morgan fingerprint density at radius 2 is 0.753 bits per heavy atom. The number of carbonyl (C=O) groups is 6. The Balaban J connectivity index is 1.07. The first-order valence-corrected chi connectivity index (χ1v) is 35.6. The summed E-state index contributed by atoms with van der Waals surface area (Å²) in [6.07, 6.45) is 1.51. The number of anilines is 4. The number of hydrogen-bond acceptors (Lipinski definition) is 12. The summed E-state index contributed by atoms with van der Waals surface area (Å²) in [6.45, 7) is 36.8. The van der Waals surface area contributed by atoms with Crippen molar-refractivity contribution in [1.29, 1.82) is 0 Å². The Morgan fingerprint density at radius 3 is 1.06 bits per heavy atom. The van der Waals surface area contributed by atoms with Crippen molar-refractivity contribution in [3.05, 3.63) is 154 Å². The second kappa shape index (κ2) is 32.3. The van der Waals surface area contributed by atoms with Crippen LogP contribution in [0.15, 0.2) is 131 Å². The van der Waals surface area contributed by atoms with Crippen LogP contribution >= 0.6 is 23.2 Å². The van der Waals surface area contributed by atoms with Gasteiger partial charge in [-0.15, -0.1) is 0 Å². The molecule has 19 heteroatoms. The van der Waals surface area contributed by atoms with Gasteiger partial charge >= 0.3 is 0 Å². The van der Waals surface area contributed by atoms with Crippen LogP contribution in [0.5, 0.6) is 23.0 Å². The fourth-order valence-corrected chi connectivity index (χ4v) is 11.7. The van der Waals surface area contributed by atoms with Crippen molar-refractivity contribution in [3.8, 4) is 23.0 Å². The zero-order valence-electron chi connectivity index (χ0n) is 59.8. The minimum atomic E-state index is -4.23. The van der Waals surface area contributed by atoms with Gasteiger partial charge in [0.05, 0.1) is 44.4 Å². The summed E-state index contributed by atoms with van der Waals surface area (Å²) in [7, 11) is -4.23. The normalized spacial score (nSPS) is 13.0. The number of ether oxygens (including phenoxy) is 4. The van der Waals surface area contributed by atoms with Crippen molar-refractivity contribution in [3.63, 3.8) is 0 Å². The topological polar surface area (TPSA) is 222 Å². The average Bonchev–Trinajstić information content (AvgIpc) is 0.805. The van der Waals surface area contributed by atoms with Crippen molar-refractivity contribution in [2.45, 2.75) is 220 Å². The van der Waals surface area contributed by atoms with Gasteiger partial charge in [-0.25, -0.2) is 8.42 Å². The maximum Gasteiger partial charge on any atom is 0.273 e. The monoisotopic (exact) mass is 1390 g/mol. The number of sulfone groups is 1. The molecule has 0 spiro atoms. The fourth-order valence-electron chi connectivity index (χ4n) is 10.1. The molecule has 0 saturated heterocycles. The lowest BCUT2D eigenvalue weighted by atomic mass is 9.76. The van der Waals surface area contributed by atoms with Gasteiger partial charge in [0, 0.05) is 46.2 Å². The van der Waals surface area contributed by atoms with E-state index in [1.807, 2.05) is 12.1 Å². The molecular weight excluding hydrogens is 1290 g/mol. The van der Waals surface area contributed by atoms with E-state index in [1.165, 1.54) is 83.9 Å². The van der Waals surface area contributed by atoms with Crippen molar-refractivity contribution >= 4 is 91.0 Å². The maximum atomic E-state index is 14.1. The maximum absolute atomic E-state index is 14.1. The molecule has 0 heterocycles. The number of amides is 4. The second-order valence-corrected chi connectivity index (χ2v) is 32.2. The summed E-state index contributed by atoms with van der Waals surface area (Å²) in [4.78, 5) is 82.1. The smallest absolute Gasteiger partial charge is 0.273 e. The first-order valence-electron chi connectivity index (χ1n) is 33.4. The van der Waals surface area contributed by atoms with Crippen LogP contribution in [0.4, 0.5) is 22.7 Å². The average molecular weight is 1390 g/mol. The van der Waals surface area contributed by atoms with Crippen LogP contribution in [0.3, 0.4) is 0 Å². The highest BCUT2D eigenvalue weighted by atomic mass is 35.5. The highest BCUT2D eigenvalue weighted by molar-refractivity contribution is 7.91. The van der Waals surface area contributed by atoms with E-state index in [1.54, 1.807) is 53.7 Å². The molecule has 6 aromatic carbocycles. The van der Waals surface area contributed by atoms with Gasteiger partial charge in [-0.1, -0.05) is 172 Å². The van der Waals surface area contributed by atoms with Crippen molar-refractivity contribution < 1.29 is 56.1 Å². The van der Waals surface area contributed by atoms with Crippen LogP contribution in [0, 0.1) is 10.8 Å². The molecule has 0 aromatic heterocycles. The van der Waals surface area contributed by atoms with Crippen LogP contribution in [0.2, 0.25) is 10.0 Å². The molecule has 2 unspecified atom stereocenters.